The Morgan fingerprint density at radius 3 is 2.19 bits per heavy atom. The third kappa shape index (κ3) is 4.47. The second-order valence-corrected chi connectivity index (χ2v) is 7.24. The van der Waals surface area contributed by atoms with Gasteiger partial charge in [0.25, 0.3) is 5.91 Å². The number of likely N-dealkylation sites (N-methyl/N-ethyl adjacent to an activating group) is 1. The van der Waals surface area contributed by atoms with Crippen molar-refractivity contribution in [1.29, 1.82) is 0 Å². The standard InChI is InChI=1S/C23H27N3O/c1-25(2)21-13-11-18(12-14-21)22(26(3)4)16-24-23(27)20-10-9-17-7-5-6-8-19(17)15-20/h5-15,22H,16H2,1-4H3,(H,24,27). The molecule has 0 heterocycles. The Bertz CT molecular complexity index is 916. The maximum atomic E-state index is 12.7. The highest BCUT2D eigenvalue weighted by atomic mass is 16.1. The molecule has 0 saturated carbocycles. The Morgan fingerprint density at radius 2 is 1.56 bits per heavy atom. The molecule has 0 saturated heterocycles. The molecule has 0 aliphatic heterocycles. The Hall–Kier alpha value is -2.85. The minimum Gasteiger partial charge on any atom is -0.378 e. The Morgan fingerprint density at radius 1 is 0.889 bits per heavy atom. The van der Waals surface area contributed by atoms with E-state index in [-0.39, 0.29) is 11.9 Å². The predicted molar refractivity (Wildman–Crippen MR) is 113 cm³/mol. The quantitative estimate of drug-likeness (QED) is 0.722. The van der Waals surface area contributed by atoms with Crippen LogP contribution in [0.15, 0.2) is 66.7 Å². The van der Waals surface area contributed by atoms with Crippen LogP contribution < -0.4 is 10.2 Å². The van der Waals surface area contributed by atoms with E-state index in [0.29, 0.717) is 12.1 Å². The average molecular weight is 361 g/mol. The Labute approximate surface area is 161 Å². The molecule has 1 atom stereocenters. The third-order valence-corrected chi connectivity index (χ3v) is 4.89. The van der Waals surface area contributed by atoms with Crippen LogP contribution in [0.4, 0.5) is 5.69 Å². The second kappa shape index (κ2) is 8.23. The van der Waals surface area contributed by atoms with Crippen molar-refractivity contribution in [2.75, 3.05) is 39.6 Å². The molecule has 140 valence electrons. The summed E-state index contributed by atoms with van der Waals surface area (Å²) in [6, 6.07) is 22.5. The monoisotopic (exact) mass is 361 g/mol. The number of nitrogens with zero attached hydrogens (tertiary/aromatic N) is 2. The van der Waals surface area contributed by atoms with Gasteiger partial charge in [-0.2, -0.15) is 0 Å². The van der Waals surface area contributed by atoms with Crippen LogP contribution in [0.25, 0.3) is 10.8 Å². The lowest BCUT2D eigenvalue weighted by atomic mass is 10.0. The molecule has 3 aromatic rings. The molecule has 0 fully saturated rings. The highest BCUT2D eigenvalue weighted by Gasteiger charge is 2.16. The SMILES string of the molecule is CN(C)c1ccc(C(CNC(=O)c2ccc3ccccc3c2)N(C)C)cc1. The van der Waals surface area contributed by atoms with Gasteiger partial charge >= 0.3 is 0 Å². The molecule has 0 bridgehead atoms. The van der Waals surface area contributed by atoms with Crippen molar-refractivity contribution in [3.63, 3.8) is 0 Å². The first-order valence-corrected chi connectivity index (χ1v) is 9.16. The number of anilines is 1. The van der Waals surface area contributed by atoms with Crippen molar-refractivity contribution >= 4 is 22.4 Å². The zero-order valence-electron chi connectivity index (χ0n) is 16.4. The average Bonchev–Trinajstić information content (AvgIpc) is 2.67. The molecule has 1 unspecified atom stereocenters. The molecular formula is C23H27N3O. The van der Waals surface area contributed by atoms with Gasteiger partial charge in [-0.3, -0.25) is 4.79 Å². The van der Waals surface area contributed by atoms with E-state index in [1.54, 1.807) is 0 Å². The number of hydrogen-bond donors (Lipinski definition) is 1. The number of hydrogen-bond acceptors (Lipinski definition) is 3. The number of benzene rings is 3. The highest BCUT2D eigenvalue weighted by Crippen LogP contribution is 2.21. The smallest absolute Gasteiger partial charge is 0.251 e. The van der Waals surface area contributed by atoms with Gasteiger partial charge in [0, 0.05) is 31.9 Å². The van der Waals surface area contributed by atoms with Gasteiger partial charge < -0.3 is 15.1 Å². The van der Waals surface area contributed by atoms with E-state index in [4.69, 9.17) is 0 Å². The van der Waals surface area contributed by atoms with Gasteiger partial charge in [-0.1, -0.05) is 42.5 Å². The lowest BCUT2D eigenvalue weighted by Crippen LogP contribution is -2.34. The lowest BCUT2D eigenvalue weighted by Gasteiger charge is -2.26. The lowest BCUT2D eigenvalue weighted by molar-refractivity contribution is 0.0942. The van der Waals surface area contributed by atoms with Gasteiger partial charge in [-0.25, -0.2) is 0 Å². The van der Waals surface area contributed by atoms with Crippen LogP contribution in [-0.2, 0) is 0 Å². The molecular weight excluding hydrogens is 334 g/mol. The predicted octanol–water partition coefficient (Wildman–Crippen LogP) is 3.94. The van der Waals surface area contributed by atoms with Crippen molar-refractivity contribution < 1.29 is 4.79 Å². The van der Waals surface area contributed by atoms with Gasteiger partial charge in [-0.15, -0.1) is 0 Å². The van der Waals surface area contributed by atoms with Crippen molar-refractivity contribution in [3.05, 3.63) is 77.9 Å². The largest absolute Gasteiger partial charge is 0.378 e. The summed E-state index contributed by atoms with van der Waals surface area (Å²) in [5, 5.41) is 5.31. The first-order chi connectivity index (χ1) is 13.0. The molecule has 0 aromatic heterocycles. The summed E-state index contributed by atoms with van der Waals surface area (Å²) in [7, 11) is 8.13. The van der Waals surface area contributed by atoms with E-state index in [2.05, 4.69) is 45.4 Å². The molecule has 4 nitrogen and oxygen atoms in total. The molecule has 0 aliphatic carbocycles. The number of amides is 1. The molecule has 27 heavy (non-hydrogen) atoms. The third-order valence-electron chi connectivity index (χ3n) is 4.89. The first kappa shape index (κ1) is 18.9. The topological polar surface area (TPSA) is 35.6 Å². The Kier molecular flexibility index (Phi) is 5.77. The van der Waals surface area contributed by atoms with Gasteiger partial charge in [0.1, 0.15) is 0 Å². The number of fused-ring (bicyclic) bond motifs is 1. The van der Waals surface area contributed by atoms with Crippen molar-refractivity contribution in [3.8, 4) is 0 Å². The van der Waals surface area contributed by atoms with Crippen LogP contribution in [0, 0.1) is 0 Å². The molecule has 4 heteroatoms. The fraction of sp³-hybridized carbons (Fsp3) is 0.261. The van der Waals surface area contributed by atoms with E-state index in [1.807, 2.05) is 64.6 Å². The van der Waals surface area contributed by atoms with Crippen LogP contribution in [0.5, 0.6) is 0 Å². The van der Waals surface area contributed by atoms with E-state index in [9.17, 15) is 4.79 Å². The van der Waals surface area contributed by atoms with Crippen LogP contribution in [0.1, 0.15) is 22.0 Å². The first-order valence-electron chi connectivity index (χ1n) is 9.16. The number of rotatable bonds is 6. The number of carbonyl (C=O) groups excluding carboxylic acids is 1. The van der Waals surface area contributed by atoms with E-state index >= 15 is 0 Å². The van der Waals surface area contributed by atoms with Gasteiger partial charge in [0.05, 0.1) is 6.04 Å². The second-order valence-electron chi connectivity index (χ2n) is 7.24. The minimum atomic E-state index is -0.0440. The zero-order chi connectivity index (χ0) is 19.4. The zero-order valence-corrected chi connectivity index (χ0v) is 16.4. The maximum Gasteiger partial charge on any atom is 0.251 e. The Balaban J connectivity index is 1.72. The fourth-order valence-electron chi connectivity index (χ4n) is 3.22. The summed E-state index contributed by atoms with van der Waals surface area (Å²) < 4.78 is 0. The van der Waals surface area contributed by atoms with E-state index in [0.717, 1.165) is 16.5 Å². The normalized spacial score (nSPS) is 12.2. The summed E-state index contributed by atoms with van der Waals surface area (Å²) in [5.41, 5.74) is 3.04. The van der Waals surface area contributed by atoms with Crippen LogP contribution >= 0.6 is 0 Å². The van der Waals surface area contributed by atoms with Gasteiger partial charge in [0.15, 0.2) is 0 Å². The number of nitrogens with one attached hydrogen (secondary N) is 1. The van der Waals surface area contributed by atoms with Gasteiger partial charge in [0.2, 0.25) is 0 Å². The van der Waals surface area contributed by atoms with Crippen molar-refractivity contribution in [2.24, 2.45) is 0 Å². The molecule has 0 radical (unpaired) electrons. The van der Waals surface area contributed by atoms with E-state index < -0.39 is 0 Å². The molecule has 0 spiro atoms. The summed E-state index contributed by atoms with van der Waals surface area (Å²) >= 11 is 0. The van der Waals surface area contributed by atoms with Crippen LogP contribution in [0.3, 0.4) is 0 Å². The summed E-state index contributed by atoms with van der Waals surface area (Å²) in [5.74, 6) is -0.0440. The summed E-state index contributed by atoms with van der Waals surface area (Å²) in [6.07, 6.45) is 0. The highest BCUT2D eigenvalue weighted by molar-refractivity contribution is 5.98. The van der Waals surface area contributed by atoms with Crippen molar-refractivity contribution in [1.82, 2.24) is 10.2 Å². The van der Waals surface area contributed by atoms with E-state index in [1.165, 1.54) is 5.56 Å². The molecule has 3 aromatic carbocycles. The van der Waals surface area contributed by atoms with Crippen LogP contribution in [0.2, 0.25) is 0 Å². The van der Waals surface area contributed by atoms with Gasteiger partial charge in [-0.05, 0) is 54.7 Å². The molecule has 1 amide bonds. The summed E-state index contributed by atoms with van der Waals surface area (Å²) in [6.45, 7) is 0.556. The van der Waals surface area contributed by atoms with Crippen LogP contribution in [-0.4, -0.2) is 45.5 Å². The summed E-state index contributed by atoms with van der Waals surface area (Å²) in [4.78, 5) is 16.9. The molecule has 1 N–H and O–H groups in total. The molecule has 0 aliphatic rings. The maximum absolute atomic E-state index is 12.7. The van der Waals surface area contributed by atoms with Crippen molar-refractivity contribution in [2.45, 2.75) is 6.04 Å². The molecule has 3 rings (SSSR count). The minimum absolute atomic E-state index is 0.0440. The number of carbonyl (C=O) groups is 1. The fourth-order valence-corrected chi connectivity index (χ4v) is 3.22.